The van der Waals surface area contributed by atoms with Crippen molar-refractivity contribution in [2.45, 2.75) is 0 Å². The van der Waals surface area contributed by atoms with Gasteiger partial charge in [-0.15, -0.1) is 0 Å². The molecule has 0 bridgehead atoms. The van der Waals surface area contributed by atoms with Gasteiger partial charge in [0.15, 0.2) is 0 Å². The number of hydrogen-bond donors (Lipinski definition) is 0. The van der Waals surface area contributed by atoms with Crippen molar-refractivity contribution < 1.29 is 0 Å². The van der Waals surface area contributed by atoms with Crippen LogP contribution in [0.15, 0.2) is 128 Å². The SMILES string of the molecule is c1cncc(-c2ccc3ccc(-c4ccc5ccc(-c6cccc7ccccc67)cc5n4)cc3n2)c1. The fourth-order valence-electron chi connectivity index (χ4n) is 4.87. The average molecular weight is 460 g/mol. The molecule has 4 aromatic carbocycles. The van der Waals surface area contributed by atoms with Gasteiger partial charge in [-0.25, -0.2) is 9.97 Å². The smallest absolute Gasteiger partial charge is 0.0725 e. The summed E-state index contributed by atoms with van der Waals surface area (Å²) in [5.74, 6) is 0. The third kappa shape index (κ3) is 3.58. The standard InChI is InChI=1S/C33H21N3/c1-2-8-28-22(5-1)6-3-9-29(28)25-12-10-23-14-16-30(35-32(23)19-25)26-13-11-24-15-17-31(36-33(24)20-26)27-7-4-18-34-21-27/h1-21H. The Bertz CT molecular complexity index is 1890. The monoisotopic (exact) mass is 459 g/mol. The maximum Gasteiger partial charge on any atom is 0.0725 e. The zero-order valence-electron chi connectivity index (χ0n) is 19.5. The van der Waals surface area contributed by atoms with Crippen molar-refractivity contribution >= 4 is 32.6 Å². The van der Waals surface area contributed by atoms with Crippen LogP contribution in [0.2, 0.25) is 0 Å². The lowest BCUT2D eigenvalue weighted by Gasteiger charge is -2.09. The van der Waals surface area contributed by atoms with Gasteiger partial charge in [0, 0.05) is 34.3 Å². The van der Waals surface area contributed by atoms with E-state index in [1.165, 1.54) is 21.9 Å². The number of benzene rings is 4. The fraction of sp³-hybridized carbons (Fsp3) is 0. The molecule has 0 saturated heterocycles. The number of nitrogens with zero attached hydrogens (tertiary/aromatic N) is 3. The van der Waals surface area contributed by atoms with E-state index in [2.05, 4.69) is 102 Å². The van der Waals surface area contributed by atoms with Gasteiger partial charge in [0.1, 0.15) is 0 Å². The summed E-state index contributed by atoms with van der Waals surface area (Å²) in [7, 11) is 0. The van der Waals surface area contributed by atoms with Crippen LogP contribution in [0.3, 0.4) is 0 Å². The fourth-order valence-corrected chi connectivity index (χ4v) is 4.87. The van der Waals surface area contributed by atoms with Crippen molar-refractivity contribution in [3.63, 3.8) is 0 Å². The first-order valence-electron chi connectivity index (χ1n) is 12.0. The minimum absolute atomic E-state index is 0.916. The molecule has 0 N–H and O–H groups in total. The Morgan fingerprint density at radius 2 is 1.11 bits per heavy atom. The molecular weight excluding hydrogens is 438 g/mol. The molecular formula is C33H21N3. The predicted octanol–water partition coefficient (Wildman–Crippen LogP) is 8.33. The molecule has 3 nitrogen and oxygen atoms in total. The van der Waals surface area contributed by atoms with Crippen LogP contribution in [-0.4, -0.2) is 15.0 Å². The first-order chi connectivity index (χ1) is 17.8. The van der Waals surface area contributed by atoms with Crippen molar-refractivity contribution in [1.82, 2.24) is 15.0 Å². The van der Waals surface area contributed by atoms with Crippen LogP contribution in [0.5, 0.6) is 0 Å². The Kier molecular flexibility index (Phi) is 4.78. The van der Waals surface area contributed by atoms with E-state index in [0.29, 0.717) is 0 Å². The van der Waals surface area contributed by atoms with E-state index < -0.39 is 0 Å². The second-order valence-electron chi connectivity index (χ2n) is 8.98. The van der Waals surface area contributed by atoms with Gasteiger partial charge >= 0.3 is 0 Å². The molecule has 0 atom stereocenters. The van der Waals surface area contributed by atoms with E-state index in [9.17, 15) is 0 Å². The second-order valence-corrected chi connectivity index (χ2v) is 8.98. The summed E-state index contributed by atoms with van der Waals surface area (Å²) in [6.45, 7) is 0. The molecule has 0 spiro atoms. The van der Waals surface area contributed by atoms with Crippen LogP contribution < -0.4 is 0 Å². The molecule has 0 amide bonds. The number of rotatable bonds is 3. The first-order valence-corrected chi connectivity index (χ1v) is 12.0. The normalized spacial score (nSPS) is 11.3. The van der Waals surface area contributed by atoms with E-state index >= 15 is 0 Å². The second kappa shape index (κ2) is 8.40. The summed E-state index contributed by atoms with van der Waals surface area (Å²) >= 11 is 0. The lowest BCUT2D eigenvalue weighted by Crippen LogP contribution is -1.89. The van der Waals surface area contributed by atoms with Gasteiger partial charge in [-0.1, -0.05) is 78.9 Å². The van der Waals surface area contributed by atoms with E-state index in [1.807, 2.05) is 24.4 Å². The third-order valence-corrected chi connectivity index (χ3v) is 6.74. The van der Waals surface area contributed by atoms with Crippen molar-refractivity contribution in [3.05, 3.63) is 128 Å². The molecule has 3 heteroatoms. The van der Waals surface area contributed by atoms with Crippen LogP contribution in [-0.2, 0) is 0 Å². The Hall–Kier alpha value is -4.89. The van der Waals surface area contributed by atoms with Gasteiger partial charge in [-0.3, -0.25) is 4.98 Å². The molecule has 0 fully saturated rings. The number of hydrogen-bond acceptors (Lipinski definition) is 3. The zero-order chi connectivity index (χ0) is 23.9. The number of fused-ring (bicyclic) bond motifs is 3. The minimum atomic E-state index is 0.916. The highest BCUT2D eigenvalue weighted by molar-refractivity contribution is 5.98. The van der Waals surface area contributed by atoms with Gasteiger partial charge in [-0.05, 0) is 58.3 Å². The van der Waals surface area contributed by atoms with Crippen LogP contribution >= 0.6 is 0 Å². The van der Waals surface area contributed by atoms with Gasteiger partial charge in [-0.2, -0.15) is 0 Å². The predicted molar refractivity (Wildman–Crippen MR) is 149 cm³/mol. The summed E-state index contributed by atoms with van der Waals surface area (Å²) in [6, 6.07) is 40.2. The largest absolute Gasteiger partial charge is 0.264 e. The summed E-state index contributed by atoms with van der Waals surface area (Å²) in [5, 5.41) is 4.72. The molecule has 7 aromatic rings. The average Bonchev–Trinajstić information content (AvgIpc) is 2.96. The van der Waals surface area contributed by atoms with Crippen LogP contribution in [0.25, 0.3) is 66.2 Å². The van der Waals surface area contributed by atoms with E-state index in [-0.39, 0.29) is 0 Å². The van der Waals surface area contributed by atoms with E-state index in [0.717, 1.165) is 44.3 Å². The lowest BCUT2D eigenvalue weighted by molar-refractivity contribution is 1.30. The van der Waals surface area contributed by atoms with Crippen LogP contribution in [0.4, 0.5) is 0 Å². The van der Waals surface area contributed by atoms with Crippen LogP contribution in [0, 0.1) is 0 Å². The summed E-state index contributed by atoms with van der Waals surface area (Å²) in [5.41, 5.74) is 8.23. The molecule has 0 aliphatic heterocycles. The maximum atomic E-state index is 5.06. The van der Waals surface area contributed by atoms with E-state index in [1.54, 1.807) is 6.20 Å². The zero-order valence-corrected chi connectivity index (χ0v) is 19.5. The highest BCUT2D eigenvalue weighted by Crippen LogP contribution is 2.32. The Balaban J connectivity index is 1.32. The summed E-state index contributed by atoms with van der Waals surface area (Å²) < 4.78 is 0. The van der Waals surface area contributed by atoms with E-state index in [4.69, 9.17) is 9.97 Å². The van der Waals surface area contributed by atoms with Gasteiger partial charge in [0.25, 0.3) is 0 Å². The Morgan fingerprint density at radius 1 is 0.444 bits per heavy atom. The molecule has 0 unspecified atom stereocenters. The van der Waals surface area contributed by atoms with Crippen molar-refractivity contribution in [3.8, 4) is 33.6 Å². The van der Waals surface area contributed by atoms with Crippen molar-refractivity contribution in [1.29, 1.82) is 0 Å². The third-order valence-electron chi connectivity index (χ3n) is 6.74. The maximum absolute atomic E-state index is 5.06. The van der Waals surface area contributed by atoms with Crippen molar-refractivity contribution in [2.75, 3.05) is 0 Å². The molecule has 0 aliphatic rings. The number of aromatic nitrogens is 3. The molecule has 7 rings (SSSR count). The first kappa shape index (κ1) is 20.5. The minimum Gasteiger partial charge on any atom is -0.264 e. The van der Waals surface area contributed by atoms with Gasteiger partial charge in [0.2, 0.25) is 0 Å². The molecule has 3 heterocycles. The molecule has 0 aliphatic carbocycles. The topological polar surface area (TPSA) is 38.7 Å². The highest BCUT2D eigenvalue weighted by atomic mass is 14.7. The van der Waals surface area contributed by atoms with Crippen LogP contribution in [0.1, 0.15) is 0 Å². The molecule has 0 saturated carbocycles. The summed E-state index contributed by atoms with van der Waals surface area (Å²) in [4.78, 5) is 14.2. The van der Waals surface area contributed by atoms with Crippen molar-refractivity contribution in [2.24, 2.45) is 0 Å². The summed E-state index contributed by atoms with van der Waals surface area (Å²) in [6.07, 6.45) is 3.62. The highest BCUT2D eigenvalue weighted by Gasteiger charge is 2.08. The molecule has 168 valence electrons. The van der Waals surface area contributed by atoms with Gasteiger partial charge < -0.3 is 0 Å². The lowest BCUT2D eigenvalue weighted by atomic mass is 9.97. The Labute approximate surface area is 208 Å². The molecule has 0 radical (unpaired) electrons. The molecule has 3 aromatic heterocycles. The number of pyridine rings is 3. The molecule has 36 heavy (non-hydrogen) atoms. The van der Waals surface area contributed by atoms with Gasteiger partial charge in [0.05, 0.1) is 22.4 Å². The Morgan fingerprint density at radius 3 is 1.89 bits per heavy atom. The quantitative estimate of drug-likeness (QED) is 0.267.